The third-order valence-corrected chi connectivity index (χ3v) is 4.56. The number of aromatic nitrogens is 2. The molecule has 1 aliphatic heterocycles. The van der Waals surface area contributed by atoms with Crippen LogP contribution in [0.25, 0.3) is 0 Å². The summed E-state index contributed by atoms with van der Waals surface area (Å²) in [7, 11) is 0. The van der Waals surface area contributed by atoms with Crippen LogP contribution >= 0.6 is 11.8 Å². The van der Waals surface area contributed by atoms with E-state index in [1.165, 1.54) is 19.2 Å². The number of carbonyl (C=O) groups is 1. The monoisotopic (exact) mass is 336 g/mol. The van der Waals surface area contributed by atoms with Crippen molar-refractivity contribution in [3.05, 3.63) is 35.7 Å². The molecule has 1 amide bonds. The number of benzene rings is 1. The Bertz CT molecular complexity index is 797. The van der Waals surface area contributed by atoms with Gasteiger partial charge in [-0.25, -0.2) is 9.97 Å². The van der Waals surface area contributed by atoms with Gasteiger partial charge in [-0.15, -0.1) is 0 Å². The molecule has 0 radical (unpaired) electrons. The molecule has 0 saturated carbocycles. The Morgan fingerprint density at radius 2 is 2.17 bits per heavy atom. The van der Waals surface area contributed by atoms with E-state index in [1.54, 1.807) is 19.1 Å². The maximum atomic E-state index is 14.4. The second-order valence-corrected chi connectivity index (χ2v) is 6.29. The van der Waals surface area contributed by atoms with E-state index in [0.717, 1.165) is 16.7 Å². The Morgan fingerprint density at radius 1 is 1.43 bits per heavy atom. The number of nitrogen functional groups attached to an aromatic ring is 1. The number of aryl methyl sites for hydroxylation is 1. The molecule has 0 fully saturated rings. The number of hydrogen-bond donors (Lipinski definition) is 1. The molecule has 2 N–H and O–H groups in total. The maximum Gasteiger partial charge on any atom is 0.293 e. The fourth-order valence-electron chi connectivity index (χ4n) is 2.51. The van der Waals surface area contributed by atoms with E-state index in [-0.39, 0.29) is 17.1 Å². The van der Waals surface area contributed by atoms with E-state index in [2.05, 4.69) is 9.97 Å². The number of nitrogens with two attached hydrogens (primary N) is 1. The van der Waals surface area contributed by atoms with Gasteiger partial charge < -0.3 is 10.6 Å². The second kappa shape index (κ2) is 5.45. The Morgan fingerprint density at radius 3 is 2.83 bits per heavy atom. The average Bonchev–Trinajstić information content (AvgIpc) is 2.75. The van der Waals surface area contributed by atoms with Crippen molar-refractivity contribution in [3.8, 4) is 0 Å². The highest BCUT2D eigenvalue weighted by atomic mass is 32.2. The van der Waals surface area contributed by atoms with E-state index >= 15 is 0 Å². The minimum atomic E-state index is -3.11. The van der Waals surface area contributed by atoms with E-state index < -0.39 is 18.4 Å². The number of alkyl halides is 2. The van der Waals surface area contributed by atoms with E-state index in [0.29, 0.717) is 15.6 Å². The van der Waals surface area contributed by atoms with Gasteiger partial charge in [0.1, 0.15) is 5.03 Å². The number of hydrogen-bond acceptors (Lipinski definition) is 5. The van der Waals surface area contributed by atoms with Gasteiger partial charge >= 0.3 is 0 Å². The number of amides is 1. The predicted molar refractivity (Wildman–Crippen MR) is 83.7 cm³/mol. The number of carbonyl (C=O) groups excluding carboxylic acids is 1. The standard InChI is InChI=1S/C15H14F2N4OS/c1-8-6-19-14(13(18)20-8)23-11-5-3-4-10-12(11)15(16,17)7-21(10)9(2)22/h3-6H,7H2,1-2H3,(H2,18,20). The molecule has 0 saturated heterocycles. The summed E-state index contributed by atoms with van der Waals surface area (Å²) in [5, 5.41) is 0.362. The fourth-order valence-corrected chi connectivity index (χ4v) is 3.48. The highest BCUT2D eigenvalue weighted by Gasteiger charge is 2.47. The summed E-state index contributed by atoms with van der Waals surface area (Å²) in [5.41, 5.74) is 6.53. The van der Waals surface area contributed by atoms with Crippen molar-refractivity contribution in [2.75, 3.05) is 17.2 Å². The van der Waals surface area contributed by atoms with Crippen molar-refractivity contribution < 1.29 is 13.6 Å². The zero-order valence-electron chi connectivity index (χ0n) is 12.5. The molecule has 2 aromatic rings. The van der Waals surface area contributed by atoms with E-state index in [1.807, 2.05) is 0 Å². The molecular weight excluding hydrogens is 322 g/mol. The lowest BCUT2D eigenvalue weighted by Crippen LogP contribution is -2.30. The van der Waals surface area contributed by atoms with Crippen LogP contribution in [0.4, 0.5) is 20.3 Å². The van der Waals surface area contributed by atoms with Crippen molar-refractivity contribution >= 4 is 29.2 Å². The number of halogens is 2. The van der Waals surface area contributed by atoms with Crippen LogP contribution < -0.4 is 10.6 Å². The molecule has 1 aliphatic rings. The summed E-state index contributed by atoms with van der Waals surface area (Å²) in [6, 6.07) is 4.73. The summed E-state index contributed by atoms with van der Waals surface area (Å²) < 4.78 is 28.8. The Labute approximate surface area is 135 Å². The van der Waals surface area contributed by atoms with E-state index in [9.17, 15) is 13.6 Å². The average molecular weight is 336 g/mol. The van der Waals surface area contributed by atoms with Crippen molar-refractivity contribution in [1.29, 1.82) is 0 Å². The van der Waals surface area contributed by atoms with Crippen LogP contribution in [0, 0.1) is 6.92 Å². The van der Waals surface area contributed by atoms with Gasteiger partial charge in [0.05, 0.1) is 23.5 Å². The first-order valence-electron chi connectivity index (χ1n) is 6.86. The molecule has 3 rings (SSSR count). The largest absolute Gasteiger partial charge is 0.381 e. The van der Waals surface area contributed by atoms with Crippen molar-refractivity contribution in [3.63, 3.8) is 0 Å². The van der Waals surface area contributed by atoms with Crippen LogP contribution in [0.3, 0.4) is 0 Å². The lowest BCUT2D eigenvalue weighted by molar-refractivity contribution is -0.117. The number of fused-ring (bicyclic) bond motifs is 1. The first kappa shape index (κ1) is 15.7. The van der Waals surface area contributed by atoms with Gasteiger partial charge in [-0.05, 0) is 19.1 Å². The van der Waals surface area contributed by atoms with Crippen LogP contribution in [0.15, 0.2) is 34.3 Å². The van der Waals surface area contributed by atoms with E-state index in [4.69, 9.17) is 5.73 Å². The molecule has 8 heteroatoms. The quantitative estimate of drug-likeness (QED) is 0.913. The molecular formula is C15H14F2N4OS. The van der Waals surface area contributed by atoms with Crippen molar-refractivity contribution in [2.45, 2.75) is 29.7 Å². The lowest BCUT2D eigenvalue weighted by atomic mass is 10.1. The molecule has 23 heavy (non-hydrogen) atoms. The maximum absolute atomic E-state index is 14.4. The molecule has 0 spiro atoms. The van der Waals surface area contributed by atoms with Crippen molar-refractivity contribution in [1.82, 2.24) is 9.97 Å². The second-order valence-electron chi connectivity index (χ2n) is 5.26. The molecule has 0 bridgehead atoms. The van der Waals surface area contributed by atoms with Gasteiger partial charge in [-0.1, -0.05) is 17.8 Å². The van der Waals surface area contributed by atoms with Crippen molar-refractivity contribution in [2.24, 2.45) is 0 Å². The summed E-state index contributed by atoms with van der Waals surface area (Å²) >= 11 is 1.03. The minimum absolute atomic E-state index is 0.165. The summed E-state index contributed by atoms with van der Waals surface area (Å²) in [6.45, 7) is 2.37. The SMILES string of the molecule is CC(=O)N1CC(F)(F)c2c(Sc3ncc(C)nc3N)cccc21. The summed E-state index contributed by atoms with van der Waals surface area (Å²) in [5.74, 6) is -3.34. The van der Waals surface area contributed by atoms with Gasteiger partial charge in [0, 0.05) is 18.0 Å². The van der Waals surface area contributed by atoms with Crippen LogP contribution in [-0.2, 0) is 10.7 Å². The molecule has 0 unspecified atom stereocenters. The van der Waals surface area contributed by atoms with Crippen LogP contribution in [0.5, 0.6) is 0 Å². The third kappa shape index (κ3) is 2.74. The van der Waals surface area contributed by atoms with Gasteiger partial charge in [-0.3, -0.25) is 4.79 Å². The van der Waals surface area contributed by atoms with Gasteiger partial charge in [-0.2, -0.15) is 8.78 Å². The first-order chi connectivity index (χ1) is 10.8. The molecule has 5 nitrogen and oxygen atoms in total. The number of nitrogens with zero attached hydrogens (tertiary/aromatic N) is 3. The number of rotatable bonds is 2. The third-order valence-electron chi connectivity index (χ3n) is 3.49. The van der Waals surface area contributed by atoms with Crippen LogP contribution in [-0.4, -0.2) is 22.4 Å². The Balaban J connectivity index is 2.07. The lowest BCUT2D eigenvalue weighted by Gasteiger charge is -2.14. The highest BCUT2D eigenvalue weighted by molar-refractivity contribution is 7.99. The van der Waals surface area contributed by atoms with Gasteiger partial charge in [0.15, 0.2) is 5.82 Å². The molecule has 0 atom stereocenters. The summed E-state index contributed by atoms with van der Waals surface area (Å²) in [4.78, 5) is 21.2. The molecule has 1 aromatic carbocycles. The highest BCUT2D eigenvalue weighted by Crippen LogP contribution is 2.49. The molecule has 1 aromatic heterocycles. The smallest absolute Gasteiger partial charge is 0.293 e. The fraction of sp³-hybridized carbons (Fsp3) is 0.267. The topological polar surface area (TPSA) is 72.1 Å². The zero-order chi connectivity index (χ0) is 16.8. The van der Waals surface area contributed by atoms with Gasteiger partial charge in [0.2, 0.25) is 5.91 Å². The molecule has 2 heterocycles. The molecule has 120 valence electrons. The van der Waals surface area contributed by atoms with Crippen LogP contribution in [0.2, 0.25) is 0 Å². The predicted octanol–water partition coefficient (Wildman–Crippen LogP) is 2.98. The van der Waals surface area contributed by atoms with Crippen LogP contribution in [0.1, 0.15) is 18.2 Å². The molecule has 0 aliphatic carbocycles. The Kier molecular flexibility index (Phi) is 3.71. The number of anilines is 2. The first-order valence-corrected chi connectivity index (χ1v) is 7.67. The normalized spacial score (nSPS) is 15.6. The summed E-state index contributed by atoms with van der Waals surface area (Å²) in [6.07, 6.45) is 1.53. The minimum Gasteiger partial charge on any atom is -0.381 e. The van der Waals surface area contributed by atoms with Gasteiger partial charge in [0.25, 0.3) is 5.92 Å². The zero-order valence-corrected chi connectivity index (χ0v) is 13.3. The Hall–Kier alpha value is -2.22.